The summed E-state index contributed by atoms with van der Waals surface area (Å²) in [5.74, 6) is 0.523. The molecule has 3 heterocycles. The fourth-order valence-corrected chi connectivity index (χ4v) is 4.31. The second kappa shape index (κ2) is 6.97. The van der Waals surface area contributed by atoms with Gasteiger partial charge in [0.15, 0.2) is 5.03 Å². The third kappa shape index (κ3) is 3.60. The Bertz CT molecular complexity index is 882. The minimum atomic E-state index is -4.83. The van der Waals surface area contributed by atoms with Crippen molar-refractivity contribution in [3.05, 3.63) is 42.1 Å². The summed E-state index contributed by atoms with van der Waals surface area (Å²) < 4.78 is 74.2. The van der Waals surface area contributed by atoms with E-state index < -0.39 is 38.9 Å². The van der Waals surface area contributed by atoms with Crippen LogP contribution in [0.5, 0.6) is 0 Å². The summed E-state index contributed by atoms with van der Waals surface area (Å²) in [6, 6.07) is 0.992. The highest BCUT2D eigenvalue weighted by Gasteiger charge is 2.41. The minimum Gasteiger partial charge on any atom is -0.369 e. The molecule has 0 amide bonds. The first kappa shape index (κ1) is 18.8. The number of aryl methyl sites for hydroxylation is 1. The van der Waals surface area contributed by atoms with Crippen molar-refractivity contribution < 1.29 is 26.3 Å². The summed E-state index contributed by atoms with van der Waals surface area (Å²) in [6.07, 6.45) is -0.902. The second-order valence-corrected chi connectivity index (χ2v) is 7.36. The van der Waals surface area contributed by atoms with Crippen LogP contribution in [0.15, 0.2) is 35.7 Å². The van der Waals surface area contributed by atoms with Crippen LogP contribution in [-0.4, -0.2) is 35.6 Å². The lowest BCUT2D eigenvalue weighted by molar-refractivity contribution is -0.140. The number of hydrogen-bond donors (Lipinski definition) is 1. The van der Waals surface area contributed by atoms with E-state index in [2.05, 4.69) is 14.7 Å². The minimum absolute atomic E-state index is 0.267. The molecule has 1 saturated heterocycles. The van der Waals surface area contributed by atoms with Crippen LogP contribution in [0.1, 0.15) is 30.8 Å². The first-order valence-electron chi connectivity index (χ1n) is 7.91. The molecule has 1 aliphatic heterocycles. The van der Waals surface area contributed by atoms with E-state index in [4.69, 9.17) is 4.74 Å². The molecule has 0 spiro atoms. The Balaban J connectivity index is 1.91. The van der Waals surface area contributed by atoms with E-state index in [0.717, 1.165) is 12.3 Å². The number of ether oxygens (including phenoxy) is 1. The average Bonchev–Trinajstić information content (AvgIpc) is 3.22. The van der Waals surface area contributed by atoms with Gasteiger partial charge in [0.25, 0.3) is 10.0 Å². The molecular weight excluding hydrogens is 373 g/mol. The summed E-state index contributed by atoms with van der Waals surface area (Å²) in [6.45, 7) is 2.76. The highest BCUT2D eigenvalue weighted by Crippen LogP contribution is 2.34. The van der Waals surface area contributed by atoms with Gasteiger partial charge in [-0.3, -0.25) is 0 Å². The first-order valence-corrected chi connectivity index (χ1v) is 9.39. The molecule has 0 bridgehead atoms. The van der Waals surface area contributed by atoms with E-state index in [-0.39, 0.29) is 6.61 Å². The van der Waals surface area contributed by atoms with Crippen LogP contribution in [0.25, 0.3) is 0 Å². The number of alkyl halides is 3. The molecule has 0 saturated carbocycles. The molecule has 11 heteroatoms. The monoisotopic (exact) mass is 390 g/mol. The van der Waals surface area contributed by atoms with E-state index >= 15 is 0 Å². The molecule has 1 N–H and O–H groups in total. The zero-order chi connectivity index (χ0) is 18.9. The number of sulfonamides is 1. The molecule has 2 atom stereocenters. The van der Waals surface area contributed by atoms with Crippen LogP contribution in [0.3, 0.4) is 0 Å². The molecule has 142 valence electrons. The number of halogens is 3. The van der Waals surface area contributed by atoms with Crippen LogP contribution in [0.4, 0.5) is 13.2 Å². The highest BCUT2D eigenvalue weighted by molar-refractivity contribution is 7.89. The van der Waals surface area contributed by atoms with E-state index in [1.807, 2.05) is 6.92 Å². The van der Waals surface area contributed by atoms with Crippen molar-refractivity contribution in [3.8, 4) is 0 Å². The molecule has 0 aliphatic carbocycles. The lowest BCUT2D eigenvalue weighted by atomic mass is 10.1. The number of aromatic nitrogens is 3. The van der Waals surface area contributed by atoms with Gasteiger partial charge in [-0.25, -0.2) is 23.1 Å². The maximum Gasteiger partial charge on any atom is 0.419 e. The smallest absolute Gasteiger partial charge is 0.369 e. The van der Waals surface area contributed by atoms with E-state index in [1.165, 1.54) is 0 Å². The van der Waals surface area contributed by atoms with Crippen LogP contribution < -0.4 is 4.72 Å². The maximum absolute atomic E-state index is 13.1. The Morgan fingerprint density at radius 2 is 2.12 bits per heavy atom. The van der Waals surface area contributed by atoms with Crippen molar-refractivity contribution in [2.24, 2.45) is 0 Å². The largest absolute Gasteiger partial charge is 0.419 e. The molecule has 0 unspecified atom stereocenters. The van der Waals surface area contributed by atoms with Crippen molar-refractivity contribution in [3.63, 3.8) is 0 Å². The average molecular weight is 390 g/mol. The Morgan fingerprint density at radius 3 is 2.81 bits per heavy atom. The van der Waals surface area contributed by atoms with E-state index in [9.17, 15) is 21.6 Å². The topological polar surface area (TPSA) is 86.1 Å². The summed E-state index contributed by atoms with van der Waals surface area (Å²) >= 11 is 0. The summed E-state index contributed by atoms with van der Waals surface area (Å²) in [5, 5.41) is -1.04. The van der Waals surface area contributed by atoms with Crippen molar-refractivity contribution >= 4 is 10.0 Å². The van der Waals surface area contributed by atoms with Gasteiger partial charge in [-0.05, 0) is 25.5 Å². The van der Waals surface area contributed by atoms with E-state index in [1.54, 1.807) is 17.0 Å². The van der Waals surface area contributed by atoms with Crippen molar-refractivity contribution in [1.82, 2.24) is 19.3 Å². The van der Waals surface area contributed by atoms with Gasteiger partial charge >= 0.3 is 6.18 Å². The van der Waals surface area contributed by atoms with Crippen molar-refractivity contribution in [2.45, 2.75) is 43.2 Å². The quantitative estimate of drug-likeness (QED) is 0.845. The molecule has 1 aliphatic rings. The summed E-state index contributed by atoms with van der Waals surface area (Å²) in [7, 11) is -4.50. The Hall–Kier alpha value is -1.98. The molecule has 2 aromatic heterocycles. The molecule has 0 aromatic carbocycles. The van der Waals surface area contributed by atoms with Crippen molar-refractivity contribution in [1.29, 1.82) is 0 Å². The van der Waals surface area contributed by atoms with E-state index in [0.29, 0.717) is 24.9 Å². The number of hydrogen-bond acceptors (Lipinski definition) is 5. The van der Waals surface area contributed by atoms with Gasteiger partial charge in [-0.2, -0.15) is 13.2 Å². The third-order valence-electron chi connectivity index (χ3n) is 4.07. The van der Waals surface area contributed by atoms with Gasteiger partial charge in [-0.1, -0.05) is 0 Å². The molecule has 2 aromatic rings. The lowest BCUT2D eigenvalue weighted by Gasteiger charge is -2.21. The SMILES string of the molecule is CCn1ccnc1[C@@H]1OCC[C@H]1NS(=O)(=O)c1ncccc1C(F)(F)F. The number of nitrogens with one attached hydrogen (secondary N) is 1. The molecule has 1 fully saturated rings. The summed E-state index contributed by atoms with van der Waals surface area (Å²) in [4.78, 5) is 7.63. The lowest BCUT2D eigenvalue weighted by Crippen LogP contribution is -2.38. The Kier molecular flexibility index (Phi) is 5.04. The van der Waals surface area contributed by atoms with Crippen LogP contribution in [-0.2, 0) is 27.5 Å². The maximum atomic E-state index is 13.1. The normalized spacial score (nSPS) is 21.2. The number of rotatable bonds is 5. The predicted molar refractivity (Wildman–Crippen MR) is 84.6 cm³/mol. The fourth-order valence-electron chi connectivity index (χ4n) is 2.89. The zero-order valence-corrected chi connectivity index (χ0v) is 14.6. The molecule has 26 heavy (non-hydrogen) atoms. The number of nitrogens with zero attached hydrogens (tertiary/aromatic N) is 3. The molecule has 0 radical (unpaired) electrons. The third-order valence-corrected chi connectivity index (χ3v) is 5.52. The Labute approximate surface area is 148 Å². The van der Waals surface area contributed by atoms with Crippen LogP contribution in [0, 0.1) is 0 Å². The first-order chi connectivity index (χ1) is 12.2. The highest BCUT2D eigenvalue weighted by atomic mass is 32.2. The van der Waals surface area contributed by atoms with Gasteiger partial charge in [0.1, 0.15) is 11.9 Å². The standard InChI is InChI=1S/C15H17F3N4O3S/c1-2-22-8-7-19-13(22)12-11(5-9-25-12)21-26(23,24)14-10(15(16,17)18)4-3-6-20-14/h3-4,6-8,11-12,21H,2,5,9H2,1H3/t11-,12-/m1/s1. The summed E-state index contributed by atoms with van der Waals surface area (Å²) in [5.41, 5.74) is -1.31. The van der Waals surface area contributed by atoms with Gasteiger partial charge < -0.3 is 9.30 Å². The predicted octanol–water partition coefficient (Wildman–Crippen LogP) is 2.13. The number of pyridine rings is 1. The van der Waals surface area contributed by atoms with Gasteiger partial charge in [0.05, 0.1) is 11.6 Å². The second-order valence-electron chi connectivity index (χ2n) is 5.73. The van der Waals surface area contributed by atoms with Gasteiger partial charge in [-0.15, -0.1) is 0 Å². The molecule has 3 rings (SSSR count). The van der Waals surface area contributed by atoms with Crippen molar-refractivity contribution in [2.75, 3.05) is 6.61 Å². The van der Waals surface area contributed by atoms with Gasteiger partial charge in [0, 0.05) is 31.7 Å². The molecule has 7 nitrogen and oxygen atoms in total. The van der Waals surface area contributed by atoms with Gasteiger partial charge in [0.2, 0.25) is 0 Å². The van der Waals surface area contributed by atoms with Crippen LogP contribution in [0.2, 0.25) is 0 Å². The number of imidazole rings is 1. The zero-order valence-electron chi connectivity index (χ0n) is 13.8. The molecular formula is C15H17F3N4O3S. The van der Waals surface area contributed by atoms with Crippen LogP contribution >= 0.6 is 0 Å². The fraction of sp³-hybridized carbons (Fsp3) is 0.467. The Morgan fingerprint density at radius 1 is 1.35 bits per heavy atom.